The zero-order valence-corrected chi connectivity index (χ0v) is 29.6. The molecule has 0 unspecified atom stereocenters. The van der Waals surface area contributed by atoms with Crippen LogP contribution in [0, 0.1) is 0 Å². The molecule has 0 saturated carbocycles. The number of benzene rings is 2. The Morgan fingerprint density at radius 2 is 0.962 bits per heavy atom. The summed E-state index contributed by atoms with van der Waals surface area (Å²) in [6, 6.07) is 27.1. The molecule has 2 aromatic heterocycles. The number of nitrogens with zero attached hydrogens (tertiary/aromatic N) is 2. The van der Waals surface area contributed by atoms with Crippen LogP contribution in [0.25, 0.3) is 0 Å². The van der Waals surface area contributed by atoms with Gasteiger partial charge in [-0.25, -0.2) is 9.97 Å². The summed E-state index contributed by atoms with van der Waals surface area (Å²) in [7, 11) is 0. The number of carbonyl (C=O) groups excluding carboxylic acids is 2. The molecule has 0 atom stereocenters. The molecule has 2 aliphatic rings. The number of rotatable bonds is 16. The van der Waals surface area contributed by atoms with Gasteiger partial charge in [-0.05, 0) is 37.1 Å². The molecule has 2 aliphatic heterocycles. The predicted octanol–water partition coefficient (Wildman–Crippen LogP) is 6.30. The maximum absolute atomic E-state index is 11.0. The molecule has 0 amide bonds. The molecule has 12 heteroatoms. The molecular formula is C40H46N2O10. The molecule has 2 fully saturated rings. The van der Waals surface area contributed by atoms with Crippen LogP contribution in [-0.2, 0) is 41.8 Å². The van der Waals surface area contributed by atoms with Crippen LogP contribution in [0.1, 0.15) is 50.7 Å². The molecule has 4 heterocycles. The predicted molar refractivity (Wildman–Crippen MR) is 190 cm³/mol. The SMILES string of the molecule is CC(=O)CCC1OCC(Oc2ccc(OCc3ccccc3)cn2)CO1.CC(=O)CCC1OCC(Oc2ccc(OCc3ccccc3)cn2)CO1. The van der Waals surface area contributed by atoms with E-state index in [0.29, 0.717) is 88.6 Å². The maximum Gasteiger partial charge on any atom is 0.213 e. The van der Waals surface area contributed by atoms with Crippen LogP contribution in [0.15, 0.2) is 97.3 Å². The van der Waals surface area contributed by atoms with Gasteiger partial charge in [0.1, 0.15) is 48.5 Å². The molecule has 2 aromatic carbocycles. The van der Waals surface area contributed by atoms with E-state index in [0.717, 1.165) is 11.1 Å². The van der Waals surface area contributed by atoms with Crippen molar-refractivity contribution in [1.82, 2.24) is 9.97 Å². The summed E-state index contributed by atoms with van der Waals surface area (Å²) in [5.74, 6) is 2.62. The lowest BCUT2D eigenvalue weighted by Crippen LogP contribution is -2.39. The van der Waals surface area contributed by atoms with Gasteiger partial charge in [-0.2, -0.15) is 0 Å². The van der Waals surface area contributed by atoms with Crippen LogP contribution in [0.4, 0.5) is 0 Å². The quantitative estimate of drug-likeness (QED) is 0.129. The topological polar surface area (TPSA) is 134 Å². The fraction of sp³-hybridized carbons (Fsp3) is 0.400. The first-order chi connectivity index (χ1) is 25.4. The van der Waals surface area contributed by atoms with Crippen LogP contribution in [-0.4, -0.2) is 72.7 Å². The fourth-order valence-corrected chi connectivity index (χ4v) is 5.03. The molecule has 0 aliphatic carbocycles. The Kier molecular flexibility index (Phi) is 15.4. The molecule has 0 radical (unpaired) electrons. The highest BCUT2D eigenvalue weighted by Crippen LogP contribution is 2.21. The first-order valence-corrected chi connectivity index (χ1v) is 17.4. The van der Waals surface area contributed by atoms with Crippen LogP contribution < -0.4 is 18.9 Å². The van der Waals surface area contributed by atoms with E-state index in [4.69, 9.17) is 37.9 Å². The first kappa shape index (κ1) is 38.4. The van der Waals surface area contributed by atoms with Crippen molar-refractivity contribution in [2.75, 3.05) is 26.4 Å². The molecule has 12 nitrogen and oxygen atoms in total. The van der Waals surface area contributed by atoms with Gasteiger partial charge in [0.15, 0.2) is 12.6 Å². The van der Waals surface area contributed by atoms with Crippen molar-refractivity contribution < 1.29 is 47.5 Å². The lowest BCUT2D eigenvalue weighted by atomic mass is 10.2. The van der Waals surface area contributed by atoms with Gasteiger partial charge in [0, 0.05) is 37.8 Å². The number of hydrogen-bond acceptors (Lipinski definition) is 12. The average molecular weight is 715 g/mol. The second-order valence-electron chi connectivity index (χ2n) is 12.4. The Bertz CT molecular complexity index is 1490. The van der Waals surface area contributed by atoms with E-state index in [1.807, 2.05) is 72.8 Å². The molecule has 6 rings (SSSR count). The van der Waals surface area contributed by atoms with Crippen molar-refractivity contribution in [3.8, 4) is 23.3 Å². The van der Waals surface area contributed by atoms with Gasteiger partial charge in [0.25, 0.3) is 0 Å². The minimum absolute atomic E-state index is 0.134. The van der Waals surface area contributed by atoms with Crippen molar-refractivity contribution in [2.45, 2.75) is 77.5 Å². The number of hydrogen-bond donors (Lipinski definition) is 0. The first-order valence-electron chi connectivity index (χ1n) is 17.4. The van der Waals surface area contributed by atoms with E-state index in [1.54, 1.807) is 38.4 Å². The Morgan fingerprint density at radius 1 is 0.577 bits per heavy atom. The lowest BCUT2D eigenvalue weighted by Gasteiger charge is -2.29. The third-order valence-corrected chi connectivity index (χ3v) is 7.83. The van der Waals surface area contributed by atoms with Crippen LogP contribution >= 0.6 is 0 Å². The van der Waals surface area contributed by atoms with Gasteiger partial charge in [0.05, 0.1) is 38.8 Å². The highest BCUT2D eigenvalue weighted by Gasteiger charge is 2.25. The smallest absolute Gasteiger partial charge is 0.213 e. The molecule has 276 valence electrons. The Labute approximate surface area is 304 Å². The highest BCUT2D eigenvalue weighted by molar-refractivity contribution is 5.75. The Morgan fingerprint density at radius 3 is 1.29 bits per heavy atom. The summed E-state index contributed by atoms with van der Waals surface area (Å²) in [4.78, 5) is 30.5. The van der Waals surface area contributed by atoms with Gasteiger partial charge in [-0.15, -0.1) is 0 Å². The number of carbonyl (C=O) groups is 2. The molecule has 2 saturated heterocycles. The standard InChI is InChI=1S/2C20H23NO5/c2*1-15(22)7-10-20-24-13-18(14-25-20)26-19-9-8-17(11-21-19)23-12-16-5-3-2-4-6-16/h2*2-6,8-9,11,18,20H,7,10,12-14H2,1H3. The summed E-state index contributed by atoms with van der Waals surface area (Å²) in [5, 5.41) is 0. The summed E-state index contributed by atoms with van der Waals surface area (Å²) < 4.78 is 45.2. The summed E-state index contributed by atoms with van der Waals surface area (Å²) in [5.41, 5.74) is 2.20. The minimum Gasteiger partial charge on any atom is -0.487 e. The summed E-state index contributed by atoms with van der Waals surface area (Å²) >= 11 is 0. The zero-order chi connectivity index (χ0) is 36.4. The fourth-order valence-electron chi connectivity index (χ4n) is 5.03. The van der Waals surface area contributed by atoms with Gasteiger partial charge in [-0.3, -0.25) is 0 Å². The minimum atomic E-state index is -0.333. The largest absolute Gasteiger partial charge is 0.487 e. The van der Waals surface area contributed by atoms with Crippen molar-refractivity contribution in [3.63, 3.8) is 0 Å². The highest BCUT2D eigenvalue weighted by atomic mass is 16.7. The molecule has 52 heavy (non-hydrogen) atoms. The van der Waals surface area contributed by atoms with Gasteiger partial charge in [0.2, 0.25) is 11.8 Å². The van der Waals surface area contributed by atoms with Gasteiger partial charge in [-0.1, -0.05) is 60.7 Å². The number of pyridine rings is 2. The average Bonchev–Trinajstić information content (AvgIpc) is 3.18. The molecule has 0 bridgehead atoms. The van der Waals surface area contributed by atoms with Crippen molar-refractivity contribution >= 4 is 11.6 Å². The second-order valence-corrected chi connectivity index (χ2v) is 12.4. The van der Waals surface area contributed by atoms with Crippen molar-refractivity contribution in [3.05, 3.63) is 108 Å². The van der Waals surface area contributed by atoms with E-state index < -0.39 is 0 Å². The normalized spacial score (nSPS) is 19.7. The van der Waals surface area contributed by atoms with E-state index >= 15 is 0 Å². The molecule has 4 aromatic rings. The number of ketones is 2. The van der Waals surface area contributed by atoms with Crippen LogP contribution in [0.2, 0.25) is 0 Å². The van der Waals surface area contributed by atoms with Crippen LogP contribution in [0.5, 0.6) is 23.3 Å². The second kappa shape index (κ2) is 20.8. The Balaban J connectivity index is 0.000000201. The Hall–Kier alpha value is -4.88. The number of aromatic nitrogens is 2. The third kappa shape index (κ3) is 14.0. The third-order valence-electron chi connectivity index (χ3n) is 7.83. The summed E-state index contributed by atoms with van der Waals surface area (Å²) in [6.45, 7) is 5.77. The lowest BCUT2D eigenvalue weighted by molar-refractivity contribution is -0.214. The number of Topliss-reactive ketones (excluding diaryl/α,β-unsaturated/α-hetero) is 2. The van der Waals surface area contributed by atoms with Crippen molar-refractivity contribution in [1.29, 1.82) is 0 Å². The molecule has 0 spiro atoms. The summed E-state index contributed by atoms with van der Waals surface area (Å²) in [6.07, 6.45) is 4.25. The van der Waals surface area contributed by atoms with Crippen LogP contribution in [0.3, 0.4) is 0 Å². The van der Waals surface area contributed by atoms with E-state index in [-0.39, 0.29) is 36.4 Å². The van der Waals surface area contributed by atoms with Crippen molar-refractivity contribution in [2.24, 2.45) is 0 Å². The maximum atomic E-state index is 11.0. The van der Waals surface area contributed by atoms with Gasteiger partial charge >= 0.3 is 0 Å². The molecular weight excluding hydrogens is 668 g/mol. The molecule has 0 N–H and O–H groups in total. The van der Waals surface area contributed by atoms with Gasteiger partial charge < -0.3 is 47.5 Å². The zero-order valence-electron chi connectivity index (χ0n) is 29.6. The van der Waals surface area contributed by atoms with E-state index in [1.165, 1.54) is 0 Å². The van der Waals surface area contributed by atoms with E-state index in [9.17, 15) is 9.59 Å². The number of ether oxygens (including phenoxy) is 8. The van der Waals surface area contributed by atoms with E-state index in [2.05, 4.69) is 9.97 Å². The monoisotopic (exact) mass is 714 g/mol.